The first-order valence-electron chi connectivity index (χ1n) is 11.3. The van der Waals surface area contributed by atoms with Crippen LogP contribution in [0.5, 0.6) is 0 Å². The number of rotatable bonds is 4. The third kappa shape index (κ3) is 6.38. The first-order valence-corrected chi connectivity index (χ1v) is 11.3. The second-order valence-corrected chi connectivity index (χ2v) is 9.86. The lowest BCUT2D eigenvalue weighted by molar-refractivity contribution is -0.192. The Bertz CT molecular complexity index is 713. The Kier molecular flexibility index (Phi) is 8.78. The molecular weight excluding hydrogens is 443 g/mol. The van der Waals surface area contributed by atoms with E-state index >= 15 is 0 Å². The van der Waals surface area contributed by atoms with Gasteiger partial charge in [-0.25, -0.2) is 4.79 Å². The summed E-state index contributed by atoms with van der Waals surface area (Å²) in [4.78, 5) is 40.6. The zero-order chi connectivity index (χ0) is 25.0. The summed E-state index contributed by atoms with van der Waals surface area (Å²) in [5.74, 6) is -1.68. The van der Waals surface area contributed by atoms with Crippen molar-refractivity contribution >= 4 is 17.8 Å². The number of carboxylic acid groups (broad SMARTS) is 1. The lowest BCUT2D eigenvalue weighted by Crippen LogP contribution is -2.53. The van der Waals surface area contributed by atoms with Crippen molar-refractivity contribution in [2.75, 3.05) is 53.5 Å². The maximum atomic E-state index is 13.2. The fourth-order valence-electron chi connectivity index (χ4n) is 5.37. The third-order valence-corrected chi connectivity index (χ3v) is 7.13. The number of alkyl halides is 3. The fourth-order valence-corrected chi connectivity index (χ4v) is 5.37. The van der Waals surface area contributed by atoms with Crippen LogP contribution in [0.15, 0.2) is 0 Å². The lowest BCUT2D eigenvalue weighted by atomic mass is 9.71. The minimum atomic E-state index is -5.08. The number of carboxylic acids is 1. The zero-order valence-corrected chi connectivity index (χ0v) is 19.9. The molecule has 0 saturated carbocycles. The summed E-state index contributed by atoms with van der Waals surface area (Å²) in [7, 11) is 3.55. The summed E-state index contributed by atoms with van der Waals surface area (Å²) in [6.07, 6.45) is -0.366. The second-order valence-electron chi connectivity index (χ2n) is 9.86. The predicted octanol–water partition coefficient (Wildman–Crippen LogP) is 2.23. The Labute approximate surface area is 193 Å². The van der Waals surface area contributed by atoms with Crippen molar-refractivity contribution in [1.82, 2.24) is 14.7 Å². The van der Waals surface area contributed by atoms with Crippen LogP contribution in [-0.2, 0) is 19.1 Å². The molecule has 0 bridgehead atoms. The molecule has 2 amide bonds. The number of halogens is 3. The van der Waals surface area contributed by atoms with Gasteiger partial charge in [0.25, 0.3) is 0 Å². The van der Waals surface area contributed by atoms with E-state index in [1.165, 1.54) is 0 Å². The number of hydrogen-bond donors (Lipinski definition) is 1. The van der Waals surface area contributed by atoms with Crippen molar-refractivity contribution in [3.8, 4) is 0 Å². The molecule has 8 nitrogen and oxygen atoms in total. The summed E-state index contributed by atoms with van der Waals surface area (Å²) < 4.78 is 36.7. The van der Waals surface area contributed by atoms with E-state index in [9.17, 15) is 22.8 Å². The van der Waals surface area contributed by atoms with E-state index in [-0.39, 0.29) is 23.5 Å². The van der Waals surface area contributed by atoms with Gasteiger partial charge in [-0.1, -0.05) is 13.8 Å². The topological polar surface area (TPSA) is 90.4 Å². The van der Waals surface area contributed by atoms with E-state index < -0.39 is 12.1 Å². The van der Waals surface area contributed by atoms with E-state index in [1.54, 1.807) is 7.11 Å². The molecule has 2 spiro atoms. The van der Waals surface area contributed by atoms with Crippen molar-refractivity contribution in [2.24, 2.45) is 11.3 Å². The Morgan fingerprint density at radius 1 is 1.09 bits per heavy atom. The molecule has 11 heteroatoms. The van der Waals surface area contributed by atoms with Crippen molar-refractivity contribution in [3.63, 3.8) is 0 Å². The molecular formula is C22H36F3N3O5. The van der Waals surface area contributed by atoms with Gasteiger partial charge in [-0.05, 0) is 51.1 Å². The molecule has 0 aliphatic carbocycles. The highest BCUT2D eigenvalue weighted by molar-refractivity contribution is 5.86. The minimum absolute atomic E-state index is 0.0544. The van der Waals surface area contributed by atoms with Gasteiger partial charge in [0.1, 0.15) is 6.61 Å². The van der Waals surface area contributed by atoms with Crippen molar-refractivity contribution in [2.45, 2.75) is 57.7 Å². The monoisotopic (exact) mass is 479 g/mol. The molecule has 0 aromatic carbocycles. The van der Waals surface area contributed by atoms with Crippen LogP contribution in [0.25, 0.3) is 0 Å². The largest absolute Gasteiger partial charge is 0.490 e. The molecule has 3 aliphatic heterocycles. The molecule has 190 valence electrons. The number of aliphatic carboxylic acids is 1. The van der Waals surface area contributed by atoms with Crippen LogP contribution in [0.3, 0.4) is 0 Å². The summed E-state index contributed by atoms with van der Waals surface area (Å²) in [6, 6.07) is 0. The first-order chi connectivity index (χ1) is 15.3. The smallest absolute Gasteiger partial charge is 0.475 e. The maximum absolute atomic E-state index is 13.2. The Morgan fingerprint density at radius 3 is 2.03 bits per heavy atom. The maximum Gasteiger partial charge on any atom is 0.490 e. The lowest BCUT2D eigenvalue weighted by Gasteiger charge is -2.44. The first kappa shape index (κ1) is 27.4. The molecule has 33 heavy (non-hydrogen) atoms. The van der Waals surface area contributed by atoms with Crippen LogP contribution < -0.4 is 0 Å². The molecule has 3 aliphatic rings. The second kappa shape index (κ2) is 10.6. The number of ether oxygens (including phenoxy) is 1. The molecule has 0 radical (unpaired) electrons. The molecule has 3 rings (SSSR count). The highest BCUT2D eigenvalue weighted by Gasteiger charge is 2.58. The van der Waals surface area contributed by atoms with Gasteiger partial charge in [-0.15, -0.1) is 0 Å². The van der Waals surface area contributed by atoms with E-state index in [0.29, 0.717) is 11.8 Å². The van der Waals surface area contributed by atoms with Crippen LogP contribution >= 0.6 is 0 Å². The normalized spacial score (nSPS) is 22.6. The van der Waals surface area contributed by atoms with Crippen LogP contribution in [0, 0.1) is 11.3 Å². The van der Waals surface area contributed by atoms with Gasteiger partial charge < -0.3 is 24.5 Å². The number of likely N-dealkylation sites (tertiary alicyclic amines) is 3. The van der Waals surface area contributed by atoms with Gasteiger partial charge in [0, 0.05) is 39.3 Å². The van der Waals surface area contributed by atoms with Crippen LogP contribution in [0.1, 0.15) is 46.0 Å². The molecule has 3 fully saturated rings. The van der Waals surface area contributed by atoms with E-state index in [1.807, 2.05) is 16.8 Å². The van der Waals surface area contributed by atoms with Crippen LogP contribution in [0.2, 0.25) is 0 Å². The van der Waals surface area contributed by atoms with Gasteiger partial charge in [-0.3, -0.25) is 9.59 Å². The molecule has 1 N–H and O–H groups in total. The average Bonchev–Trinajstić information content (AvgIpc) is 2.92. The Morgan fingerprint density at radius 2 is 1.61 bits per heavy atom. The van der Waals surface area contributed by atoms with Crippen molar-refractivity contribution in [1.29, 1.82) is 0 Å². The van der Waals surface area contributed by atoms with Crippen molar-refractivity contribution < 1.29 is 37.4 Å². The minimum Gasteiger partial charge on any atom is -0.475 e. The van der Waals surface area contributed by atoms with E-state index in [4.69, 9.17) is 14.6 Å². The molecule has 0 aromatic rings. The van der Waals surface area contributed by atoms with Crippen LogP contribution in [-0.4, -0.2) is 103 Å². The summed E-state index contributed by atoms with van der Waals surface area (Å²) in [6.45, 7) is 9.32. The third-order valence-electron chi connectivity index (χ3n) is 7.13. The van der Waals surface area contributed by atoms with Gasteiger partial charge in [0.15, 0.2) is 0 Å². The molecule has 0 atom stereocenters. The fraction of sp³-hybridized carbons (Fsp3) is 0.864. The van der Waals surface area contributed by atoms with E-state index in [2.05, 4.69) is 18.7 Å². The molecule has 0 aromatic heterocycles. The molecule has 0 unspecified atom stereocenters. The number of amides is 2. The number of nitrogens with zero attached hydrogens (tertiary/aromatic N) is 3. The Balaban J connectivity index is 0.000000479. The van der Waals surface area contributed by atoms with Gasteiger partial charge in [0.2, 0.25) is 11.8 Å². The summed E-state index contributed by atoms with van der Waals surface area (Å²) >= 11 is 0. The highest BCUT2D eigenvalue weighted by Crippen LogP contribution is 2.52. The number of methoxy groups -OCH3 is 1. The SMILES string of the molecule is COCC(=O)N1CCC2(CC1)CC1(CCN(CC(C)C)CC1)C(=O)N2C.O=C(O)C(F)(F)F. The Hall–Kier alpha value is -1.88. The average molecular weight is 480 g/mol. The molecule has 3 saturated heterocycles. The summed E-state index contributed by atoms with van der Waals surface area (Å²) in [5, 5.41) is 7.12. The van der Waals surface area contributed by atoms with Gasteiger partial charge in [0.05, 0.1) is 5.41 Å². The number of carbonyl (C=O) groups excluding carboxylic acids is 2. The summed E-state index contributed by atoms with van der Waals surface area (Å²) in [5.41, 5.74) is -0.220. The van der Waals surface area contributed by atoms with E-state index in [0.717, 1.165) is 64.8 Å². The van der Waals surface area contributed by atoms with Crippen LogP contribution in [0.4, 0.5) is 13.2 Å². The predicted molar refractivity (Wildman–Crippen MR) is 114 cm³/mol. The van der Waals surface area contributed by atoms with Gasteiger partial charge >= 0.3 is 12.1 Å². The van der Waals surface area contributed by atoms with Crippen molar-refractivity contribution in [3.05, 3.63) is 0 Å². The van der Waals surface area contributed by atoms with Gasteiger partial charge in [-0.2, -0.15) is 13.2 Å². The number of piperidine rings is 2. The zero-order valence-electron chi connectivity index (χ0n) is 19.9. The number of hydrogen-bond acceptors (Lipinski definition) is 5. The molecule has 3 heterocycles. The quantitative estimate of drug-likeness (QED) is 0.665. The standard InChI is InChI=1S/C20H35N3O3.C2HF3O2/c1-16(2)13-22-9-5-19(6-10-22)15-20(21(3)18(19)25)7-11-23(12-8-20)17(24)14-26-4;3-2(4,5)1(6)7/h16H,5-15H2,1-4H3;(H,6,7). The highest BCUT2D eigenvalue weighted by atomic mass is 19.4. The number of carbonyl (C=O) groups is 3.